The third kappa shape index (κ3) is 5.24. The van der Waals surface area contributed by atoms with Crippen LogP contribution >= 0.6 is 0 Å². The zero-order valence-corrected chi connectivity index (χ0v) is 19.0. The van der Waals surface area contributed by atoms with Crippen LogP contribution in [0.5, 0.6) is 0 Å². The molecule has 0 aromatic heterocycles. The number of carbonyl (C=O) groups excluding carboxylic acids is 1. The van der Waals surface area contributed by atoms with Gasteiger partial charge in [0.2, 0.25) is 0 Å². The second-order valence-electron chi connectivity index (χ2n) is 9.77. The van der Waals surface area contributed by atoms with E-state index in [1.54, 1.807) is 12.1 Å². The molecule has 1 fully saturated rings. The molecule has 6 heteroatoms. The topological polar surface area (TPSA) is 56.8 Å². The molecule has 5 nitrogen and oxygen atoms in total. The lowest BCUT2D eigenvalue weighted by Crippen LogP contribution is -2.41. The van der Waals surface area contributed by atoms with Crippen LogP contribution in [0.15, 0.2) is 48.5 Å². The number of hydrogen-bond acceptors (Lipinski definition) is 5. The highest BCUT2D eigenvalue weighted by Crippen LogP contribution is 2.36. The van der Waals surface area contributed by atoms with E-state index in [-0.39, 0.29) is 24.3 Å². The van der Waals surface area contributed by atoms with Crippen molar-refractivity contribution in [3.8, 4) is 0 Å². The summed E-state index contributed by atoms with van der Waals surface area (Å²) in [5, 5.41) is 3.39. The molecule has 0 bridgehead atoms. The largest absolute Gasteiger partial charge is 0.494 e. The molecule has 160 valence electrons. The normalized spacial score (nSPS) is 17.6. The molecule has 0 saturated carbocycles. The van der Waals surface area contributed by atoms with Gasteiger partial charge in [-0.15, -0.1) is 0 Å². The minimum atomic E-state index is -0.504. The van der Waals surface area contributed by atoms with Crippen molar-refractivity contribution in [2.45, 2.75) is 71.8 Å². The van der Waals surface area contributed by atoms with Gasteiger partial charge in [-0.1, -0.05) is 24.3 Å². The molecular weight excluding hydrogens is 377 g/mol. The van der Waals surface area contributed by atoms with Crippen molar-refractivity contribution >= 4 is 24.2 Å². The molecule has 1 N–H and O–H groups in total. The number of anilines is 1. The van der Waals surface area contributed by atoms with Crippen LogP contribution in [0, 0.1) is 0 Å². The molecule has 1 heterocycles. The van der Waals surface area contributed by atoms with E-state index < -0.39 is 5.60 Å². The van der Waals surface area contributed by atoms with E-state index in [9.17, 15) is 4.79 Å². The molecule has 3 rings (SSSR count). The van der Waals surface area contributed by atoms with Crippen molar-refractivity contribution in [3.63, 3.8) is 0 Å². The van der Waals surface area contributed by atoms with E-state index in [0.29, 0.717) is 12.1 Å². The van der Waals surface area contributed by atoms with Gasteiger partial charge in [-0.3, -0.25) is 0 Å². The number of benzene rings is 2. The summed E-state index contributed by atoms with van der Waals surface area (Å²) in [6.07, 6.45) is 0. The second-order valence-corrected chi connectivity index (χ2v) is 9.77. The van der Waals surface area contributed by atoms with Gasteiger partial charge in [-0.25, -0.2) is 4.79 Å². The molecule has 1 aliphatic rings. The van der Waals surface area contributed by atoms with E-state index in [2.05, 4.69) is 45.1 Å². The Hall–Kier alpha value is -2.31. The number of ether oxygens (including phenoxy) is 1. The van der Waals surface area contributed by atoms with Gasteiger partial charge in [0.25, 0.3) is 0 Å². The molecule has 2 aromatic rings. The monoisotopic (exact) mass is 409 g/mol. The lowest BCUT2D eigenvalue weighted by Gasteiger charge is -2.32. The van der Waals surface area contributed by atoms with E-state index in [0.717, 1.165) is 16.7 Å². The Labute approximate surface area is 180 Å². The highest BCUT2D eigenvalue weighted by molar-refractivity contribution is 6.62. The Kier molecular flexibility index (Phi) is 6.03. The van der Waals surface area contributed by atoms with Crippen molar-refractivity contribution in [3.05, 3.63) is 59.7 Å². The average molecular weight is 409 g/mol. The van der Waals surface area contributed by atoms with Crippen LogP contribution in [-0.2, 0) is 20.6 Å². The molecule has 30 heavy (non-hydrogen) atoms. The van der Waals surface area contributed by atoms with E-state index in [1.165, 1.54) is 0 Å². The van der Waals surface area contributed by atoms with Gasteiger partial charge in [-0.2, -0.15) is 0 Å². The van der Waals surface area contributed by atoms with Crippen molar-refractivity contribution in [2.75, 3.05) is 5.32 Å². The zero-order chi connectivity index (χ0) is 22.2. The molecule has 0 aliphatic carbocycles. The fourth-order valence-corrected chi connectivity index (χ4v) is 3.09. The van der Waals surface area contributed by atoms with E-state index >= 15 is 0 Å². The van der Waals surface area contributed by atoms with Gasteiger partial charge in [0.05, 0.1) is 16.8 Å². The van der Waals surface area contributed by atoms with Crippen LogP contribution in [-0.4, -0.2) is 29.9 Å². The third-order valence-corrected chi connectivity index (χ3v) is 5.49. The van der Waals surface area contributed by atoms with Gasteiger partial charge >= 0.3 is 13.1 Å². The SMILES string of the molecule is CC(C)(C)OC(=O)c1ccc(NCc2cccc(B3OC(C)(C)C(C)(C)O3)c2)cc1. The molecule has 0 unspecified atom stereocenters. The van der Waals surface area contributed by atoms with Crippen LogP contribution in [0.3, 0.4) is 0 Å². The van der Waals surface area contributed by atoms with Crippen LogP contribution < -0.4 is 10.8 Å². The summed E-state index contributed by atoms with van der Waals surface area (Å²) in [5.41, 5.74) is 2.38. The molecule has 1 aliphatic heterocycles. The summed E-state index contributed by atoms with van der Waals surface area (Å²) >= 11 is 0. The quantitative estimate of drug-likeness (QED) is 0.580. The fraction of sp³-hybridized carbons (Fsp3) is 0.458. The van der Waals surface area contributed by atoms with Crippen LogP contribution in [0.1, 0.15) is 64.4 Å². The fourth-order valence-electron chi connectivity index (χ4n) is 3.09. The minimum Gasteiger partial charge on any atom is -0.456 e. The number of hydrogen-bond donors (Lipinski definition) is 1. The highest BCUT2D eigenvalue weighted by Gasteiger charge is 2.51. The van der Waals surface area contributed by atoms with E-state index in [4.69, 9.17) is 14.0 Å². The lowest BCUT2D eigenvalue weighted by atomic mass is 9.78. The van der Waals surface area contributed by atoms with Gasteiger partial charge in [0.15, 0.2) is 0 Å². The van der Waals surface area contributed by atoms with Crippen LogP contribution in [0.4, 0.5) is 5.69 Å². The molecule has 0 atom stereocenters. The lowest BCUT2D eigenvalue weighted by molar-refractivity contribution is 0.00578. The first kappa shape index (κ1) is 22.4. The van der Waals surface area contributed by atoms with Crippen molar-refractivity contribution in [1.82, 2.24) is 0 Å². The Morgan fingerprint density at radius 3 is 2.17 bits per heavy atom. The molecule has 0 radical (unpaired) electrons. The first-order valence-electron chi connectivity index (χ1n) is 10.4. The van der Waals surface area contributed by atoms with Crippen molar-refractivity contribution in [2.24, 2.45) is 0 Å². The Morgan fingerprint density at radius 1 is 1.00 bits per heavy atom. The van der Waals surface area contributed by atoms with Gasteiger partial charge in [-0.05, 0) is 83.8 Å². The average Bonchev–Trinajstić information content (AvgIpc) is 2.87. The number of esters is 1. The summed E-state index contributed by atoms with van der Waals surface area (Å²) in [6, 6.07) is 15.5. The Morgan fingerprint density at radius 2 is 1.60 bits per heavy atom. The van der Waals surface area contributed by atoms with E-state index in [1.807, 2.05) is 45.0 Å². The maximum absolute atomic E-state index is 12.1. The molecule has 0 spiro atoms. The first-order valence-corrected chi connectivity index (χ1v) is 10.4. The minimum absolute atomic E-state index is 0.316. The number of carbonyl (C=O) groups is 1. The predicted octanol–water partition coefficient (Wildman–Crippen LogP) is 4.55. The standard InChI is InChI=1S/C24H32BNO4/c1-22(2,3)28-21(27)18-11-13-20(14-12-18)26-16-17-9-8-10-19(15-17)25-29-23(4,5)24(6,7)30-25/h8-15,26H,16H2,1-7H3. The summed E-state index contributed by atoms with van der Waals surface area (Å²) in [5.74, 6) is -0.316. The first-order chi connectivity index (χ1) is 13.9. The molecule has 1 saturated heterocycles. The predicted molar refractivity (Wildman–Crippen MR) is 121 cm³/mol. The van der Waals surface area contributed by atoms with Crippen LogP contribution in [0.2, 0.25) is 0 Å². The van der Waals surface area contributed by atoms with Crippen molar-refractivity contribution < 1.29 is 18.8 Å². The summed E-state index contributed by atoms with van der Waals surface area (Å²) in [7, 11) is -0.372. The highest BCUT2D eigenvalue weighted by atomic mass is 16.7. The number of nitrogens with one attached hydrogen (secondary N) is 1. The zero-order valence-electron chi connectivity index (χ0n) is 19.0. The maximum Gasteiger partial charge on any atom is 0.494 e. The molecule has 2 aromatic carbocycles. The van der Waals surface area contributed by atoms with Gasteiger partial charge in [0, 0.05) is 12.2 Å². The summed E-state index contributed by atoms with van der Waals surface area (Å²) in [6.45, 7) is 14.5. The Balaban J connectivity index is 1.62. The molecule has 0 amide bonds. The van der Waals surface area contributed by atoms with Gasteiger partial charge < -0.3 is 19.4 Å². The number of rotatable bonds is 5. The van der Waals surface area contributed by atoms with Crippen LogP contribution in [0.25, 0.3) is 0 Å². The maximum atomic E-state index is 12.1. The summed E-state index contributed by atoms with van der Waals surface area (Å²) in [4.78, 5) is 12.1. The smallest absolute Gasteiger partial charge is 0.456 e. The Bertz CT molecular complexity index is 884. The second kappa shape index (κ2) is 8.08. The van der Waals surface area contributed by atoms with Crippen molar-refractivity contribution in [1.29, 1.82) is 0 Å². The molecular formula is C24H32BNO4. The summed E-state index contributed by atoms with van der Waals surface area (Å²) < 4.78 is 17.7. The third-order valence-electron chi connectivity index (χ3n) is 5.49. The van der Waals surface area contributed by atoms with Gasteiger partial charge in [0.1, 0.15) is 5.60 Å².